The molecular formula is C15H16FN3O. The lowest BCUT2D eigenvalue weighted by molar-refractivity contribution is -0.115. The lowest BCUT2D eigenvalue weighted by atomic mass is 10.1. The number of benzene rings is 1. The van der Waals surface area contributed by atoms with Crippen molar-refractivity contribution in [1.82, 2.24) is 10.2 Å². The minimum atomic E-state index is -0.347. The number of hydrogen-bond donors (Lipinski definition) is 2. The zero-order valence-electron chi connectivity index (χ0n) is 11.2. The van der Waals surface area contributed by atoms with Crippen LogP contribution in [0.2, 0.25) is 0 Å². The maximum atomic E-state index is 13.6. The fourth-order valence-corrected chi connectivity index (χ4v) is 2.29. The maximum absolute atomic E-state index is 13.6. The molecular weight excluding hydrogens is 257 g/mol. The quantitative estimate of drug-likeness (QED) is 0.899. The molecule has 4 nitrogen and oxygen atoms in total. The lowest BCUT2D eigenvalue weighted by Gasteiger charge is -2.07. The number of rotatable bonds is 4. The second-order valence-corrected chi connectivity index (χ2v) is 5.29. The van der Waals surface area contributed by atoms with Crippen molar-refractivity contribution in [2.45, 2.75) is 32.1 Å². The Labute approximate surface area is 116 Å². The van der Waals surface area contributed by atoms with E-state index in [2.05, 4.69) is 15.5 Å². The summed E-state index contributed by atoms with van der Waals surface area (Å²) in [5, 5.41) is 9.69. The number of amides is 1. The van der Waals surface area contributed by atoms with Crippen LogP contribution in [0.5, 0.6) is 0 Å². The molecule has 0 radical (unpaired) electrons. The first-order chi connectivity index (χ1) is 9.63. The Bertz CT molecular complexity index is 646. The number of aromatic amines is 1. The average Bonchev–Trinajstić information content (AvgIpc) is 3.15. The van der Waals surface area contributed by atoms with E-state index in [1.807, 2.05) is 6.92 Å². The topological polar surface area (TPSA) is 57.8 Å². The van der Waals surface area contributed by atoms with Crippen LogP contribution in [-0.2, 0) is 11.2 Å². The van der Waals surface area contributed by atoms with Crippen LogP contribution in [0.15, 0.2) is 24.4 Å². The van der Waals surface area contributed by atoms with Gasteiger partial charge in [-0.05, 0) is 31.4 Å². The number of nitrogens with one attached hydrogen (secondary N) is 2. The largest absolute Gasteiger partial charge is 0.323 e. The Kier molecular flexibility index (Phi) is 3.26. The van der Waals surface area contributed by atoms with Crippen LogP contribution in [0.25, 0.3) is 0 Å². The van der Waals surface area contributed by atoms with Gasteiger partial charge < -0.3 is 5.32 Å². The fraction of sp³-hybridized carbons (Fsp3) is 0.333. The van der Waals surface area contributed by atoms with E-state index in [4.69, 9.17) is 0 Å². The van der Waals surface area contributed by atoms with Crippen molar-refractivity contribution < 1.29 is 9.18 Å². The van der Waals surface area contributed by atoms with E-state index in [0.717, 1.165) is 24.1 Å². The lowest BCUT2D eigenvalue weighted by Crippen LogP contribution is -2.15. The number of carbonyl (C=O) groups is 1. The fourth-order valence-electron chi connectivity index (χ4n) is 2.29. The predicted molar refractivity (Wildman–Crippen MR) is 74.0 cm³/mol. The third-order valence-electron chi connectivity index (χ3n) is 3.48. The normalized spacial score (nSPS) is 14.3. The number of hydrogen-bond acceptors (Lipinski definition) is 2. The van der Waals surface area contributed by atoms with Crippen molar-refractivity contribution >= 4 is 11.6 Å². The second kappa shape index (κ2) is 5.07. The van der Waals surface area contributed by atoms with Gasteiger partial charge in [0.2, 0.25) is 5.91 Å². The minimum absolute atomic E-state index is 0.0306. The van der Waals surface area contributed by atoms with E-state index in [0.29, 0.717) is 17.2 Å². The molecule has 20 heavy (non-hydrogen) atoms. The predicted octanol–water partition coefficient (Wildman–Crippen LogP) is 2.92. The van der Waals surface area contributed by atoms with Gasteiger partial charge in [-0.1, -0.05) is 17.7 Å². The van der Waals surface area contributed by atoms with E-state index in [1.165, 1.54) is 6.07 Å². The van der Waals surface area contributed by atoms with E-state index in [1.54, 1.807) is 18.3 Å². The molecule has 104 valence electrons. The number of halogens is 1. The summed E-state index contributed by atoms with van der Waals surface area (Å²) in [5.41, 5.74) is 3.05. The summed E-state index contributed by atoms with van der Waals surface area (Å²) in [6.07, 6.45) is 3.89. The van der Waals surface area contributed by atoms with Crippen LogP contribution < -0.4 is 5.32 Å². The van der Waals surface area contributed by atoms with Crippen molar-refractivity contribution in [2.24, 2.45) is 0 Å². The first-order valence-electron chi connectivity index (χ1n) is 6.71. The van der Waals surface area contributed by atoms with Crippen molar-refractivity contribution in [2.75, 3.05) is 5.32 Å². The molecule has 2 aromatic rings. The van der Waals surface area contributed by atoms with Gasteiger partial charge in [0.1, 0.15) is 5.82 Å². The van der Waals surface area contributed by atoms with E-state index in [-0.39, 0.29) is 18.1 Å². The summed E-state index contributed by atoms with van der Waals surface area (Å²) in [7, 11) is 0. The van der Waals surface area contributed by atoms with Gasteiger partial charge >= 0.3 is 0 Å². The van der Waals surface area contributed by atoms with Gasteiger partial charge in [0, 0.05) is 5.92 Å². The number of aryl methyl sites for hydroxylation is 1. The molecule has 3 rings (SSSR count). The highest BCUT2D eigenvalue weighted by molar-refractivity contribution is 5.92. The van der Waals surface area contributed by atoms with Crippen LogP contribution in [0.1, 0.15) is 35.6 Å². The van der Waals surface area contributed by atoms with Gasteiger partial charge in [-0.15, -0.1) is 0 Å². The van der Waals surface area contributed by atoms with Crippen molar-refractivity contribution in [3.05, 3.63) is 47.0 Å². The molecule has 1 saturated carbocycles. The molecule has 1 aromatic heterocycles. The standard InChI is InChI=1S/C15H16FN3O/c1-9-2-5-12(16)11(6-9)7-14(20)18-13-8-17-19-15(13)10-3-4-10/h2,5-6,8,10H,3-4,7H2,1H3,(H,17,19)(H,18,20). The molecule has 0 unspecified atom stereocenters. The molecule has 2 N–H and O–H groups in total. The monoisotopic (exact) mass is 273 g/mol. The van der Waals surface area contributed by atoms with Crippen LogP contribution in [-0.4, -0.2) is 16.1 Å². The van der Waals surface area contributed by atoms with Gasteiger partial charge in [0.25, 0.3) is 0 Å². The number of H-pyrrole nitrogens is 1. The number of carbonyl (C=O) groups excluding carboxylic acids is 1. The molecule has 0 bridgehead atoms. The molecule has 1 fully saturated rings. The summed E-state index contributed by atoms with van der Waals surface area (Å²) in [5.74, 6) is -0.0957. The molecule has 1 aromatic carbocycles. The summed E-state index contributed by atoms with van der Waals surface area (Å²) in [6, 6.07) is 4.79. The molecule has 1 heterocycles. The van der Waals surface area contributed by atoms with E-state index >= 15 is 0 Å². The zero-order chi connectivity index (χ0) is 14.1. The third kappa shape index (κ3) is 2.71. The van der Waals surface area contributed by atoms with Crippen molar-refractivity contribution in [3.63, 3.8) is 0 Å². The summed E-state index contributed by atoms with van der Waals surface area (Å²) >= 11 is 0. The van der Waals surface area contributed by atoms with Crippen molar-refractivity contribution in [3.8, 4) is 0 Å². The highest BCUT2D eigenvalue weighted by atomic mass is 19.1. The van der Waals surface area contributed by atoms with Crippen LogP contribution in [0.3, 0.4) is 0 Å². The van der Waals surface area contributed by atoms with Gasteiger partial charge in [-0.25, -0.2) is 4.39 Å². The molecule has 1 aliphatic rings. The van der Waals surface area contributed by atoms with Gasteiger partial charge in [-0.3, -0.25) is 9.89 Å². The molecule has 0 saturated heterocycles. The molecule has 1 amide bonds. The molecule has 0 spiro atoms. The number of nitrogens with zero attached hydrogens (tertiary/aromatic N) is 1. The first-order valence-corrected chi connectivity index (χ1v) is 6.71. The Morgan fingerprint density at radius 1 is 1.50 bits per heavy atom. The maximum Gasteiger partial charge on any atom is 0.228 e. The molecule has 5 heteroatoms. The Hall–Kier alpha value is -2.17. The summed E-state index contributed by atoms with van der Waals surface area (Å²) in [6.45, 7) is 1.88. The molecule has 1 aliphatic carbocycles. The van der Waals surface area contributed by atoms with Crippen LogP contribution in [0, 0.1) is 12.7 Å². The van der Waals surface area contributed by atoms with Gasteiger partial charge in [0.15, 0.2) is 0 Å². The highest BCUT2D eigenvalue weighted by Gasteiger charge is 2.28. The SMILES string of the molecule is Cc1ccc(F)c(CC(=O)Nc2cn[nH]c2C2CC2)c1. The molecule has 0 atom stereocenters. The Morgan fingerprint density at radius 2 is 2.30 bits per heavy atom. The van der Waals surface area contributed by atoms with Gasteiger partial charge in [0.05, 0.1) is 24.0 Å². The molecule has 0 aliphatic heterocycles. The third-order valence-corrected chi connectivity index (χ3v) is 3.48. The van der Waals surface area contributed by atoms with Gasteiger partial charge in [-0.2, -0.15) is 5.10 Å². The Balaban J connectivity index is 1.70. The number of aromatic nitrogens is 2. The second-order valence-electron chi connectivity index (χ2n) is 5.29. The van der Waals surface area contributed by atoms with Crippen molar-refractivity contribution in [1.29, 1.82) is 0 Å². The number of anilines is 1. The van der Waals surface area contributed by atoms with E-state index in [9.17, 15) is 9.18 Å². The minimum Gasteiger partial charge on any atom is -0.323 e. The van der Waals surface area contributed by atoms with Crippen LogP contribution >= 0.6 is 0 Å². The average molecular weight is 273 g/mol. The van der Waals surface area contributed by atoms with E-state index < -0.39 is 0 Å². The van der Waals surface area contributed by atoms with Crippen LogP contribution in [0.4, 0.5) is 10.1 Å². The Morgan fingerprint density at radius 3 is 3.05 bits per heavy atom. The zero-order valence-corrected chi connectivity index (χ0v) is 11.2. The smallest absolute Gasteiger partial charge is 0.228 e. The summed E-state index contributed by atoms with van der Waals surface area (Å²) < 4.78 is 13.6. The highest BCUT2D eigenvalue weighted by Crippen LogP contribution is 2.42. The first kappa shape index (κ1) is 12.8. The summed E-state index contributed by atoms with van der Waals surface area (Å²) in [4.78, 5) is 12.0.